The van der Waals surface area contributed by atoms with Gasteiger partial charge in [0.05, 0.1) is 12.8 Å². The summed E-state index contributed by atoms with van der Waals surface area (Å²) in [6.45, 7) is 2.82. The van der Waals surface area contributed by atoms with Crippen molar-refractivity contribution < 1.29 is 9.53 Å². The molecule has 1 N–H and O–H groups in total. The first kappa shape index (κ1) is 13.9. The van der Waals surface area contributed by atoms with Gasteiger partial charge in [-0.2, -0.15) is 0 Å². The first-order valence-electron chi connectivity index (χ1n) is 6.59. The zero-order chi connectivity index (χ0) is 13.5. The third-order valence-corrected chi connectivity index (χ3v) is 3.24. The number of nitrogens with one attached hydrogen (secondary N) is 1. The highest BCUT2D eigenvalue weighted by atomic mass is 16.5. The lowest BCUT2D eigenvalue weighted by Crippen LogP contribution is -2.43. The van der Waals surface area contributed by atoms with E-state index in [0.717, 1.165) is 13.0 Å². The Kier molecular flexibility index (Phi) is 5.23. The van der Waals surface area contributed by atoms with E-state index in [9.17, 15) is 4.79 Å². The van der Waals surface area contributed by atoms with E-state index in [-0.39, 0.29) is 5.91 Å². The van der Waals surface area contributed by atoms with Gasteiger partial charge in [-0.05, 0) is 19.4 Å². The van der Waals surface area contributed by atoms with Crippen LogP contribution >= 0.6 is 0 Å². The normalized spacial score (nSPS) is 18.5. The van der Waals surface area contributed by atoms with Crippen LogP contribution in [0.4, 0.5) is 0 Å². The molecule has 0 spiro atoms. The van der Waals surface area contributed by atoms with Crippen molar-refractivity contribution in [3.8, 4) is 0 Å². The maximum Gasteiger partial charge on any atom is 0.274 e. The number of methoxy groups -OCH3 is 1. The van der Waals surface area contributed by atoms with Gasteiger partial charge in [-0.15, -0.1) is 0 Å². The molecule has 0 aliphatic carbocycles. The van der Waals surface area contributed by atoms with Gasteiger partial charge in [0.25, 0.3) is 5.91 Å². The SMILES string of the molecule is COCCN(CC1CCCN1)C(=O)c1cnccn1. The zero-order valence-corrected chi connectivity index (χ0v) is 11.2. The van der Waals surface area contributed by atoms with Gasteiger partial charge >= 0.3 is 0 Å². The van der Waals surface area contributed by atoms with Crippen LogP contribution in [0.25, 0.3) is 0 Å². The molecule has 104 valence electrons. The zero-order valence-electron chi connectivity index (χ0n) is 11.2. The van der Waals surface area contributed by atoms with Crippen molar-refractivity contribution in [3.05, 3.63) is 24.3 Å². The van der Waals surface area contributed by atoms with Crippen LogP contribution in [-0.2, 0) is 4.74 Å². The summed E-state index contributed by atoms with van der Waals surface area (Å²) < 4.78 is 5.07. The number of amides is 1. The van der Waals surface area contributed by atoms with Crippen LogP contribution in [0.2, 0.25) is 0 Å². The van der Waals surface area contributed by atoms with Crippen molar-refractivity contribution in [2.75, 3.05) is 33.4 Å². The van der Waals surface area contributed by atoms with Crippen molar-refractivity contribution in [1.29, 1.82) is 0 Å². The lowest BCUT2D eigenvalue weighted by atomic mass is 10.2. The number of hydrogen-bond acceptors (Lipinski definition) is 5. The molecular formula is C13H20N4O2. The molecule has 1 aliphatic rings. The number of rotatable bonds is 6. The monoisotopic (exact) mass is 264 g/mol. The van der Waals surface area contributed by atoms with E-state index in [4.69, 9.17) is 4.74 Å². The fourth-order valence-electron chi connectivity index (χ4n) is 2.23. The van der Waals surface area contributed by atoms with Crippen LogP contribution in [0.15, 0.2) is 18.6 Å². The van der Waals surface area contributed by atoms with Crippen LogP contribution in [0, 0.1) is 0 Å². The lowest BCUT2D eigenvalue weighted by molar-refractivity contribution is 0.0673. The molecule has 2 heterocycles. The van der Waals surface area contributed by atoms with Crippen LogP contribution in [-0.4, -0.2) is 60.2 Å². The van der Waals surface area contributed by atoms with E-state index < -0.39 is 0 Å². The molecule has 1 fully saturated rings. The summed E-state index contributed by atoms with van der Waals surface area (Å²) in [5, 5.41) is 3.40. The molecule has 1 saturated heterocycles. The minimum Gasteiger partial charge on any atom is -0.383 e. The molecule has 6 nitrogen and oxygen atoms in total. The van der Waals surface area contributed by atoms with Crippen LogP contribution in [0.1, 0.15) is 23.3 Å². The molecule has 19 heavy (non-hydrogen) atoms. The average Bonchev–Trinajstić information content (AvgIpc) is 2.96. The fourth-order valence-corrected chi connectivity index (χ4v) is 2.23. The first-order chi connectivity index (χ1) is 9.31. The maximum atomic E-state index is 12.4. The second-order valence-corrected chi connectivity index (χ2v) is 4.63. The van der Waals surface area contributed by atoms with E-state index in [2.05, 4.69) is 15.3 Å². The molecule has 2 rings (SSSR count). The number of ether oxygens (including phenoxy) is 1. The van der Waals surface area contributed by atoms with Gasteiger partial charge in [-0.1, -0.05) is 0 Å². The largest absolute Gasteiger partial charge is 0.383 e. The summed E-state index contributed by atoms with van der Waals surface area (Å²) in [7, 11) is 1.64. The van der Waals surface area contributed by atoms with E-state index in [1.165, 1.54) is 18.8 Å². The van der Waals surface area contributed by atoms with Crippen molar-refractivity contribution in [3.63, 3.8) is 0 Å². The summed E-state index contributed by atoms with van der Waals surface area (Å²) in [5.74, 6) is -0.0844. The summed E-state index contributed by atoms with van der Waals surface area (Å²) >= 11 is 0. The number of aromatic nitrogens is 2. The van der Waals surface area contributed by atoms with E-state index in [0.29, 0.717) is 31.4 Å². The Hall–Kier alpha value is -1.53. The van der Waals surface area contributed by atoms with E-state index >= 15 is 0 Å². The van der Waals surface area contributed by atoms with Crippen LogP contribution < -0.4 is 5.32 Å². The molecular weight excluding hydrogens is 244 g/mol. The van der Waals surface area contributed by atoms with E-state index in [1.54, 1.807) is 18.2 Å². The predicted molar refractivity (Wildman–Crippen MR) is 70.8 cm³/mol. The molecule has 1 aromatic rings. The van der Waals surface area contributed by atoms with Gasteiger partial charge in [0.15, 0.2) is 0 Å². The summed E-state index contributed by atoms with van der Waals surface area (Å²) in [6, 6.07) is 0.373. The maximum absolute atomic E-state index is 12.4. The van der Waals surface area contributed by atoms with Gasteiger partial charge in [0.2, 0.25) is 0 Å². The predicted octanol–water partition coefficient (Wildman–Crippen LogP) is 0.317. The molecule has 1 aromatic heterocycles. The highest BCUT2D eigenvalue weighted by molar-refractivity contribution is 5.92. The van der Waals surface area contributed by atoms with Crippen molar-refractivity contribution in [2.24, 2.45) is 0 Å². The minimum atomic E-state index is -0.0844. The van der Waals surface area contributed by atoms with Crippen LogP contribution in [0.5, 0.6) is 0 Å². The Morgan fingerprint density at radius 2 is 2.47 bits per heavy atom. The molecule has 6 heteroatoms. The lowest BCUT2D eigenvalue weighted by Gasteiger charge is -2.25. The standard InChI is InChI=1S/C13H20N4O2/c1-19-8-7-17(10-11-3-2-4-15-11)13(18)12-9-14-5-6-16-12/h5-6,9,11,15H,2-4,7-8,10H2,1H3. The molecule has 0 saturated carbocycles. The highest BCUT2D eigenvalue weighted by Crippen LogP contribution is 2.09. The van der Waals surface area contributed by atoms with E-state index in [1.807, 2.05) is 0 Å². The van der Waals surface area contributed by atoms with Gasteiger partial charge in [0.1, 0.15) is 5.69 Å². The third kappa shape index (κ3) is 3.97. The number of carbonyl (C=O) groups excluding carboxylic acids is 1. The number of carbonyl (C=O) groups is 1. The Balaban J connectivity index is 2.01. The Morgan fingerprint density at radius 3 is 3.11 bits per heavy atom. The molecule has 1 unspecified atom stereocenters. The minimum absolute atomic E-state index is 0.0844. The van der Waals surface area contributed by atoms with Crippen molar-refractivity contribution in [2.45, 2.75) is 18.9 Å². The first-order valence-corrected chi connectivity index (χ1v) is 6.59. The summed E-state index contributed by atoms with van der Waals surface area (Å²) in [6.07, 6.45) is 6.88. The third-order valence-electron chi connectivity index (χ3n) is 3.24. The van der Waals surface area contributed by atoms with Crippen molar-refractivity contribution >= 4 is 5.91 Å². The summed E-state index contributed by atoms with van der Waals surface area (Å²) in [4.78, 5) is 22.2. The molecule has 0 radical (unpaired) electrons. The molecule has 1 aliphatic heterocycles. The average molecular weight is 264 g/mol. The molecule has 0 aromatic carbocycles. The Labute approximate surface area is 113 Å². The molecule has 1 amide bonds. The van der Waals surface area contributed by atoms with Crippen LogP contribution in [0.3, 0.4) is 0 Å². The second kappa shape index (κ2) is 7.16. The van der Waals surface area contributed by atoms with Gasteiger partial charge < -0.3 is 15.0 Å². The summed E-state index contributed by atoms with van der Waals surface area (Å²) in [5.41, 5.74) is 0.386. The molecule has 1 atom stereocenters. The quantitative estimate of drug-likeness (QED) is 0.801. The number of nitrogens with zero attached hydrogens (tertiary/aromatic N) is 3. The van der Waals surface area contributed by atoms with Gasteiger partial charge in [0, 0.05) is 38.6 Å². The van der Waals surface area contributed by atoms with Gasteiger partial charge in [-0.25, -0.2) is 4.98 Å². The highest BCUT2D eigenvalue weighted by Gasteiger charge is 2.22. The second-order valence-electron chi connectivity index (χ2n) is 4.63. The Bertz CT molecular complexity index is 393. The molecule has 0 bridgehead atoms. The topological polar surface area (TPSA) is 67.3 Å². The fraction of sp³-hybridized carbons (Fsp3) is 0.615. The number of hydrogen-bond donors (Lipinski definition) is 1. The van der Waals surface area contributed by atoms with Gasteiger partial charge in [-0.3, -0.25) is 9.78 Å². The van der Waals surface area contributed by atoms with Crippen molar-refractivity contribution in [1.82, 2.24) is 20.2 Å². The smallest absolute Gasteiger partial charge is 0.274 e. The Morgan fingerprint density at radius 1 is 1.58 bits per heavy atom.